The van der Waals surface area contributed by atoms with Crippen LogP contribution in [0.5, 0.6) is 5.75 Å². The molecular weight excluding hydrogens is 352 g/mol. The van der Waals surface area contributed by atoms with Crippen molar-refractivity contribution in [2.24, 2.45) is 5.92 Å². The van der Waals surface area contributed by atoms with Gasteiger partial charge in [0.25, 0.3) is 0 Å². The molecular formula is C23H28N2O3. The van der Waals surface area contributed by atoms with Crippen molar-refractivity contribution in [2.75, 3.05) is 23.9 Å². The predicted octanol–water partition coefficient (Wildman–Crippen LogP) is 4.59. The number of carbonyl (C=O) groups excluding carboxylic acids is 2. The lowest BCUT2D eigenvalue weighted by Crippen LogP contribution is -2.26. The quantitative estimate of drug-likeness (QED) is 0.764. The number of anilines is 2. The molecule has 0 aromatic heterocycles. The fraction of sp³-hybridized carbons (Fsp3) is 0.391. The zero-order valence-electron chi connectivity index (χ0n) is 16.8. The second-order valence-corrected chi connectivity index (χ2v) is 7.30. The van der Waals surface area contributed by atoms with Gasteiger partial charge >= 0.3 is 0 Å². The molecule has 1 aliphatic rings. The zero-order valence-corrected chi connectivity index (χ0v) is 16.8. The van der Waals surface area contributed by atoms with Crippen LogP contribution in [0.3, 0.4) is 0 Å². The van der Waals surface area contributed by atoms with Crippen molar-refractivity contribution >= 4 is 23.2 Å². The van der Waals surface area contributed by atoms with Crippen LogP contribution in [0.4, 0.5) is 11.4 Å². The smallest absolute Gasteiger partial charge is 0.232 e. The Morgan fingerprint density at radius 2 is 1.96 bits per heavy atom. The van der Waals surface area contributed by atoms with Gasteiger partial charge in [-0.15, -0.1) is 0 Å². The SMILES string of the molecule is CC[C@@H](C)[C@H](C(=O)Nc1ccc(N2CCCC2=O)c(OC)c1)c1ccccc1. The Bertz CT molecular complexity index is 835. The van der Waals surface area contributed by atoms with E-state index in [0.717, 1.165) is 24.1 Å². The van der Waals surface area contributed by atoms with Gasteiger partial charge in [-0.25, -0.2) is 0 Å². The topological polar surface area (TPSA) is 58.6 Å². The van der Waals surface area contributed by atoms with E-state index >= 15 is 0 Å². The lowest BCUT2D eigenvalue weighted by Gasteiger charge is -2.24. The number of methoxy groups -OCH3 is 1. The van der Waals surface area contributed by atoms with Gasteiger partial charge in [-0.3, -0.25) is 9.59 Å². The van der Waals surface area contributed by atoms with E-state index < -0.39 is 0 Å². The Kier molecular flexibility index (Phi) is 6.34. The van der Waals surface area contributed by atoms with Crippen molar-refractivity contribution in [1.82, 2.24) is 0 Å². The number of carbonyl (C=O) groups is 2. The predicted molar refractivity (Wildman–Crippen MR) is 112 cm³/mol. The molecule has 0 spiro atoms. The monoisotopic (exact) mass is 380 g/mol. The van der Waals surface area contributed by atoms with Crippen LogP contribution < -0.4 is 15.0 Å². The van der Waals surface area contributed by atoms with Gasteiger partial charge < -0.3 is 15.0 Å². The lowest BCUT2D eigenvalue weighted by atomic mass is 9.85. The second-order valence-electron chi connectivity index (χ2n) is 7.30. The van der Waals surface area contributed by atoms with E-state index in [4.69, 9.17) is 4.74 Å². The van der Waals surface area contributed by atoms with Gasteiger partial charge in [-0.05, 0) is 30.0 Å². The van der Waals surface area contributed by atoms with Crippen molar-refractivity contribution in [2.45, 2.75) is 39.0 Å². The Morgan fingerprint density at radius 3 is 2.57 bits per heavy atom. The summed E-state index contributed by atoms with van der Waals surface area (Å²) in [6, 6.07) is 15.3. The third-order valence-corrected chi connectivity index (χ3v) is 5.47. The third-order valence-electron chi connectivity index (χ3n) is 5.47. The summed E-state index contributed by atoms with van der Waals surface area (Å²) in [5.74, 6) is 0.652. The maximum atomic E-state index is 13.1. The molecule has 1 N–H and O–H groups in total. The van der Waals surface area contributed by atoms with Crippen molar-refractivity contribution in [1.29, 1.82) is 0 Å². The number of rotatable bonds is 7. The third kappa shape index (κ3) is 4.19. The van der Waals surface area contributed by atoms with E-state index in [1.165, 1.54) is 0 Å². The van der Waals surface area contributed by atoms with E-state index in [9.17, 15) is 9.59 Å². The molecule has 2 atom stereocenters. The Morgan fingerprint density at radius 1 is 1.21 bits per heavy atom. The average molecular weight is 380 g/mol. The van der Waals surface area contributed by atoms with Crippen LogP contribution in [0.25, 0.3) is 0 Å². The number of hydrogen-bond donors (Lipinski definition) is 1. The molecule has 3 rings (SSSR count). The lowest BCUT2D eigenvalue weighted by molar-refractivity contribution is -0.119. The van der Waals surface area contributed by atoms with Crippen LogP contribution in [0.15, 0.2) is 48.5 Å². The van der Waals surface area contributed by atoms with E-state index in [1.807, 2.05) is 42.5 Å². The first-order valence-corrected chi connectivity index (χ1v) is 9.89. The molecule has 0 unspecified atom stereocenters. The molecule has 5 heteroatoms. The summed E-state index contributed by atoms with van der Waals surface area (Å²) in [5, 5.41) is 3.04. The summed E-state index contributed by atoms with van der Waals surface area (Å²) >= 11 is 0. The van der Waals surface area contributed by atoms with Crippen LogP contribution >= 0.6 is 0 Å². The molecule has 2 aromatic rings. The van der Waals surface area contributed by atoms with Crippen molar-refractivity contribution in [3.63, 3.8) is 0 Å². The molecule has 2 amide bonds. The molecule has 5 nitrogen and oxygen atoms in total. The van der Waals surface area contributed by atoms with Crippen LogP contribution in [0.2, 0.25) is 0 Å². The summed E-state index contributed by atoms with van der Waals surface area (Å²) in [7, 11) is 1.58. The molecule has 1 saturated heterocycles. The van der Waals surface area contributed by atoms with Gasteiger partial charge in [0.15, 0.2) is 0 Å². The van der Waals surface area contributed by atoms with Crippen LogP contribution in [-0.2, 0) is 9.59 Å². The molecule has 28 heavy (non-hydrogen) atoms. The first kappa shape index (κ1) is 19.9. The summed E-state index contributed by atoms with van der Waals surface area (Å²) in [6.07, 6.45) is 2.33. The minimum absolute atomic E-state index is 0.0346. The standard InChI is InChI=1S/C23H28N2O3/c1-4-16(2)22(17-9-6-5-7-10-17)23(27)24-18-12-13-19(20(15-18)28-3)25-14-8-11-21(25)26/h5-7,9-10,12-13,15-16,22H,4,8,11,14H2,1-3H3,(H,24,27)/t16-,22+/m1/s1. The fourth-order valence-corrected chi connectivity index (χ4v) is 3.74. The normalized spacial score (nSPS) is 16.0. The van der Waals surface area contributed by atoms with Gasteiger partial charge in [0, 0.05) is 24.7 Å². The van der Waals surface area contributed by atoms with Crippen molar-refractivity contribution in [3.8, 4) is 5.75 Å². The number of benzene rings is 2. The van der Waals surface area contributed by atoms with Gasteiger partial charge in [-0.1, -0.05) is 50.6 Å². The van der Waals surface area contributed by atoms with E-state index in [-0.39, 0.29) is 23.7 Å². The zero-order chi connectivity index (χ0) is 20.1. The molecule has 148 valence electrons. The molecule has 1 fully saturated rings. The number of nitrogens with zero attached hydrogens (tertiary/aromatic N) is 1. The molecule has 0 radical (unpaired) electrons. The Hall–Kier alpha value is -2.82. The minimum atomic E-state index is -0.225. The number of amides is 2. The highest BCUT2D eigenvalue weighted by atomic mass is 16.5. The molecule has 1 heterocycles. The van der Waals surface area contributed by atoms with E-state index in [0.29, 0.717) is 24.4 Å². The first-order valence-electron chi connectivity index (χ1n) is 9.89. The van der Waals surface area contributed by atoms with Crippen molar-refractivity contribution < 1.29 is 14.3 Å². The maximum absolute atomic E-state index is 13.1. The second kappa shape index (κ2) is 8.91. The van der Waals surface area contributed by atoms with E-state index in [2.05, 4.69) is 19.2 Å². The first-order chi connectivity index (χ1) is 13.5. The molecule has 1 aliphatic heterocycles. The Balaban J connectivity index is 1.83. The van der Waals surface area contributed by atoms with Crippen LogP contribution in [0.1, 0.15) is 44.6 Å². The summed E-state index contributed by atoms with van der Waals surface area (Å²) in [5.41, 5.74) is 2.44. The highest BCUT2D eigenvalue weighted by Crippen LogP contribution is 2.35. The summed E-state index contributed by atoms with van der Waals surface area (Å²) < 4.78 is 5.50. The highest BCUT2D eigenvalue weighted by Gasteiger charge is 2.27. The van der Waals surface area contributed by atoms with Gasteiger partial charge in [0.1, 0.15) is 5.75 Å². The maximum Gasteiger partial charge on any atom is 0.232 e. The fourth-order valence-electron chi connectivity index (χ4n) is 3.74. The summed E-state index contributed by atoms with van der Waals surface area (Å²) in [4.78, 5) is 26.9. The number of nitrogens with one attached hydrogen (secondary N) is 1. The van der Waals surface area contributed by atoms with Crippen LogP contribution in [-0.4, -0.2) is 25.5 Å². The minimum Gasteiger partial charge on any atom is -0.494 e. The van der Waals surface area contributed by atoms with Gasteiger partial charge in [0.2, 0.25) is 11.8 Å². The van der Waals surface area contributed by atoms with Crippen LogP contribution in [0, 0.1) is 5.92 Å². The average Bonchev–Trinajstić information content (AvgIpc) is 3.14. The number of ether oxygens (including phenoxy) is 1. The van der Waals surface area contributed by atoms with Crippen molar-refractivity contribution in [3.05, 3.63) is 54.1 Å². The largest absolute Gasteiger partial charge is 0.494 e. The molecule has 2 aromatic carbocycles. The highest BCUT2D eigenvalue weighted by molar-refractivity contribution is 5.99. The Labute approximate surface area is 166 Å². The molecule has 0 bridgehead atoms. The van der Waals surface area contributed by atoms with Gasteiger partial charge in [0.05, 0.1) is 18.7 Å². The summed E-state index contributed by atoms with van der Waals surface area (Å²) in [6.45, 7) is 4.89. The van der Waals surface area contributed by atoms with Gasteiger partial charge in [-0.2, -0.15) is 0 Å². The molecule has 0 aliphatic carbocycles. The van der Waals surface area contributed by atoms with E-state index in [1.54, 1.807) is 18.1 Å². The number of hydrogen-bond acceptors (Lipinski definition) is 3. The molecule has 0 saturated carbocycles.